The van der Waals surface area contributed by atoms with Crippen molar-refractivity contribution in [2.75, 3.05) is 0 Å². The van der Waals surface area contributed by atoms with Crippen LogP contribution < -0.4 is 0 Å². The molecule has 0 spiro atoms. The quantitative estimate of drug-likeness (QED) is 0.188. The van der Waals surface area contributed by atoms with Gasteiger partial charge in [-0.05, 0) is 64.0 Å². The normalized spacial score (nSPS) is 11.8. The molecule has 0 aliphatic rings. The summed E-state index contributed by atoms with van der Waals surface area (Å²) in [5, 5.41) is 9.50. The topological polar surface area (TPSA) is 43.9 Å². The van der Waals surface area contributed by atoms with E-state index >= 15 is 0 Å². The highest BCUT2D eigenvalue weighted by Crippen LogP contribution is 2.42. The summed E-state index contributed by atoms with van der Waals surface area (Å²) < 4.78 is 9.28. The third-order valence-corrected chi connectivity index (χ3v) is 10.4. The zero-order valence-corrected chi connectivity index (χ0v) is 28.0. The van der Waals surface area contributed by atoms with Crippen LogP contribution in [0.2, 0.25) is 0 Å². The minimum atomic E-state index is 0.656. The van der Waals surface area contributed by atoms with Crippen molar-refractivity contribution in [3.63, 3.8) is 0 Å². The Morgan fingerprint density at radius 3 is 1.81 bits per heavy atom. The molecule has 0 bridgehead atoms. The summed E-state index contributed by atoms with van der Waals surface area (Å²) >= 11 is 0. The number of furan rings is 1. The molecule has 52 heavy (non-hydrogen) atoms. The Bertz CT molecular complexity index is 3120. The number of benzene rings is 8. The van der Waals surface area contributed by atoms with Gasteiger partial charge in [0.2, 0.25) is 0 Å². The fourth-order valence-corrected chi connectivity index (χ4v) is 7.92. The van der Waals surface area contributed by atoms with E-state index in [1.165, 1.54) is 32.3 Å². The second-order valence-corrected chi connectivity index (χ2v) is 13.4. The molecule has 0 atom stereocenters. The van der Waals surface area contributed by atoms with E-state index in [4.69, 9.17) is 14.4 Å². The molecule has 0 saturated heterocycles. The number of hydrogen-bond donors (Lipinski definition) is 0. The Morgan fingerprint density at radius 1 is 0.404 bits per heavy atom. The average molecular weight is 664 g/mol. The van der Waals surface area contributed by atoms with Gasteiger partial charge in [0.05, 0.1) is 28.1 Å². The molecular weight excluding hydrogens is 635 g/mol. The van der Waals surface area contributed by atoms with Crippen LogP contribution in [0.15, 0.2) is 180 Å². The molecule has 0 N–H and O–H groups in total. The minimum Gasteiger partial charge on any atom is -0.454 e. The number of para-hydroxylation sites is 1. The maximum atomic E-state index is 6.90. The standard InChI is InChI=1S/C48H29N3O/c1-3-13-31(14-4-1)40-29-41(32-15-5-2-6-16-32)50-48(49-40)35-22-24-37-38-20-11-21-43(47(38)52-45(37)28-35)51-42-25-23-30-12-9-10-19-36(30)46(42)39-26-33-17-7-8-18-34(33)27-44(39)51/h1-29H. The highest BCUT2D eigenvalue weighted by atomic mass is 16.3. The Kier molecular flexibility index (Phi) is 6.22. The lowest BCUT2D eigenvalue weighted by molar-refractivity contribution is 0.666. The molecule has 0 unspecified atom stereocenters. The smallest absolute Gasteiger partial charge is 0.160 e. The summed E-state index contributed by atoms with van der Waals surface area (Å²) in [4.78, 5) is 10.2. The highest BCUT2D eigenvalue weighted by Gasteiger charge is 2.20. The molecule has 11 aromatic rings. The van der Waals surface area contributed by atoms with Gasteiger partial charge < -0.3 is 8.98 Å². The molecule has 0 amide bonds. The van der Waals surface area contributed by atoms with Gasteiger partial charge in [0, 0.05) is 38.2 Å². The molecule has 3 heterocycles. The van der Waals surface area contributed by atoms with E-state index in [9.17, 15) is 0 Å². The average Bonchev–Trinajstić information content (AvgIpc) is 3.75. The van der Waals surface area contributed by atoms with Crippen LogP contribution in [0.1, 0.15) is 0 Å². The predicted octanol–water partition coefficient (Wildman–Crippen LogP) is 12.8. The van der Waals surface area contributed by atoms with Gasteiger partial charge in [-0.2, -0.15) is 0 Å². The van der Waals surface area contributed by atoms with E-state index in [0.29, 0.717) is 5.82 Å². The molecule has 4 nitrogen and oxygen atoms in total. The Hall–Kier alpha value is -7.04. The number of hydrogen-bond acceptors (Lipinski definition) is 3. The third-order valence-electron chi connectivity index (χ3n) is 10.4. The summed E-state index contributed by atoms with van der Waals surface area (Å²) in [5.41, 5.74) is 9.70. The Balaban J connectivity index is 1.15. The van der Waals surface area contributed by atoms with Gasteiger partial charge in [0.1, 0.15) is 5.58 Å². The van der Waals surface area contributed by atoms with E-state index < -0.39 is 0 Å². The Morgan fingerprint density at radius 2 is 1.06 bits per heavy atom. The second-order valence-electron chi connectivity index (χ2n) is 13.4. The van der Waals surface area contributed by atoms with Crippen LogP contribution in [0.4, 0.5) is 0 Å². The van der Waals surface area contributed by atoms with Crippen LogP contribution in [0.5, 0.6) is 0 Å². The molecule has 4 heteroatoms. The maximum absolute atomic E-state index is 6.90. The first-order valence-electron chi connectivity index (χ1n) is 17.6. The van der Waals surface area contributed by atoms with Crippen LogP contribution in [0.3, 0.4) is 0 Å². The summed E-state index contributed by atoms with van der Waals surface area (Å²) in [5.74, 6) is 0.656. The van der Waals surface area contributed by atoms with Crippen LogP contribution >= 0.6 is 0 Å². The summed E-state index contributed by atoms with van der Waals surface area (Å²) in [6.07, 6.45) is 0. The van der Waals surface area contributed by atoms with Crippen molar-refractivity contribution in [1.29, 1.82) is 0 Å². The first-order chi connectivity index (χ1) is 25.8. The molecular formula is C48H29N3O. The van der Waals surface area contributed by atoms with E-state index in [0.717, 1.165) is 66.7 Å². The fraction of sp³-hybridized carbons (Fsp3) is 0. The van der Waals surface area contributed by atoms with Gasteiger partial charge >= 0.3 is 0 Å². The highest BCUT2D eigenvalue weighted by molar-refractivity contribution is 6.24. The zero-order valence-electron chi connectivity index (χ0n) is 28.0. The maximum Gasteiger partial charge on any atom is 0.160 e. The van der Waals surface area contributed by atoms with Gasteiger partial charge in [-0.25, -0.2) is 9.97 Å². The van der Waals surface area contributed by atoms with E-state index in [2.05, 4.69) is 144 Å². The van der Waals surface area contributed by atoms with Crippen molar-refractivity contribution in [2.45, 2.75) is 0 Å². The molecule has 242 valence electrons. The first kappa shape index (κ1) is 28.8. The molecule has 8 aromatic carbocycles. The van der Waals surface area contributed by atoms with Crippen LogP contribution in [0.25, 0.3) is 105 Å². The predicted molar refractivity (Wildman–Crippen MR) is 215 cm³/mol. The van der Waals surface area contributed by atoms with Crippen molar-refractivity contribution in [2.24, 2.45) is 0 Å². The SMILES string of the molecule is c1ccc(-c2cc(-c3ccccc3)nc(-c3ccc4c(c3)oc3c(-n5c6cc7ccccc7cc6c6c7ccccc7ccc65)cccc34)n2)cc1. The largest absolute Gasteiger partial charge is 0.454 e. The minimum absolute atomic E-state index is 0.656. The molecule has 0 saturated carbocycles. The van der Waals surface area contributed by atoms with E-state index in [1.54, 1.807) is 0 Å². The summed E-state index contributed by atoms with van der Waals surface area (Å²) in [6.45, 7) is 0. The molecule has 0 aliphatic carbocycles. The van der Waals surface area contributed by atoms with E-state index in [1.807, 2.05) is 36.4 Å². The van der Waals surface area contributed by atoms with Crippen LogP contribution in [0, 0.1) is 0 Å². The fourth-order valence-electron chi connectivity index (χ4n) is 7.92. The first-order valence-corrected chi connectivity index (χ1v) is 17.6. The number of aromatic nitrogens is 3. The van der Waals surface area contributed by atoms with Gasteiger partial charge in [-0.3, -0.25) is 0 Å². The van der Waals surface area contributed by atoms with Gasteiger partial charge in [-0.1, -0.05) is 133 Å². The molecule has 11 rings (SSSR count). The van der Waals surface area contributed by atoms with Gasteiger partial charge in [-0.15, -0.1) is 0 Å². The number of rotatable bonds is 4. The lowest BCUT2D eigenvalue weighted by atomic mass is 10.0. The lowest BCUT2D eigenvalue weighted by Crippen LogP contribution is -1.95. The lowest BCUT2D eigenvalue weighted by Gasteiger charge is -2.09. The van der Waals surface area contributed by atoms with Crippen LogP contribution in [-0.2, 0) is 0 Å². The van der Waals surface area contributed by atoms with Crippen molar-refractivity contribution < 1.29 is 4.42 Å². The van der Waals surface area contributed by atoms with Gasteiger partial charge in [0.25, 0.3) is 0 Å². The molecule has 0 radical (unpaired) electrons. The second kappa shape index (κ2) is 11.2. The van der Waals surface area contributed by atoms with Crippen molar-refractivity contribution in [3.05, 3.63) is 176 Å². The monoisotopic (exact) mass is 663 g/mol. The zero-order chi connectivity index (χ0) is 34.2. The van der Waals surface area contributed by atoms with Crippen LogP contribution in [-0.4, -0.2) is 14.5 Å². The number of nitrogens with zero attached hydrogens (tertiary/aromatic N) is 3. The third kappa shape index (κ3) is 4.41. The van der Waals surface area contributed by atoms with Crippen molar-refractivity contribution >= 4 is 65.3 Å². The Labute approximate surface area is 298 Å². The molecule has 3 aromatic heterocycles. The summed E-state index contributed by atoms with van der Waals surface area (Å²) in [6, 6.07) is 61.9. The molecule has 0 aliphatic heterocycles. The van der Waals surface area contributed by atoms with Crippen molar-refractivity contribution in [3.8, 4) is 39.6 Å². The van der Waals surface area contributed by atoms with E-state index in [-0.39, 0.29) is 0 Å². The number of fused-ring (bicyclic) bond motifs is 9. The van der Waals surface area contributed by atoms with Crippen molar-refractivity contribution in [1.82, 2.24) is 14.5 Å². The summed E-state index contributed by atoms with van der Waals surface area (Å²) in [7, 11) is 0. The molecule has 0 fully saturated rings. The van der Waals surface area contributed by atoms with Gasteiger partial charge in [0.15, 0.2) is 11.4 Å².